The van der Waals surface area contributed by atoms with Gasteiger partial charge in [-0.3, -0.25) is 4.98 Å². The lowest BCUT2D eigenvalue weighted by molar-refractivity contribution is 0.608. The van der Waals surface area contributed by atoms with Crippen molar-refractivity contribution in [3.8, 4) is 11.5 Å². The van der Waals surface area contributed by atoms with Crippen LogP contribution in [-0.2, 0) is 0 Å². The summed E-state index contributed by atoms with van der Waals surface area (Å²) in [6, 6.07) is 5.37. The molecule has 0 saturated heterocycles. The first-order chi connectivity index (χ1) is 7.83. The fourth-order valence-corrected chi connectivity index (χ4v) is 1.57. The minimum atomic E-state index is 0.483. The fourth-order valence-electron chi connectivity index (χ4n) is 1.42. The molecule has 0 fully saturated rings. The molecule has 3 aromatic heterocycles. The van der Waals surface area contributed by atoms with Crippen molar-refractivity contribution in [2.45, 2.75) is 0 Å². The summed E-state index contributed by atoms with van der Waals surface area (Å²) >= 11 is 5.82. The molecule has 3 rings (SSSR count). The predicted octanol–water partition coefficient (Wildman–Crippen LogP) is 2.94. The number of rotatable bonds is 1. The molecular formula is C11H6ClN3O. The van der Waals surface area contributed by atoms with Crippen LogP contribution in [0, 0.1) is 0 Å². The summed E-state index contributed by atoms with van der Waals surface area (Å²) in [7, 11) is 0. The molecule has 16 heavy (non-hydrogen) atoms. The summed E-state index contributed by atoms with van der Waals surface area (Å²) in [4.78, 5) is 12.3. The van der Waals surface area contributed by atoms with Crippen LogP contribution in [0.1, 0.15) is 0 Å². The summed E-state index contributed by atoms with van der Waals surface area (Å²) in [6.07, 6.45) is 4.90. The molecule has 0 saturated carbocycles. The van der Waals surface area contributed by atoms with Gasteiger partial charge in [-0.05, 0) is 18.2 Å². The maximum absolute atomic E-state index is 5.82. The molecule has 78 valence electrons. The summed E-state index contributed by atoms with van der Waals surface area (Å²) in [6.45, 7) is 0. The molecule has 3 aromatic rings. The molecule has 0 aliphatic heterocycles. The van der Waals surface area contributed by atoms with Gasteiger partial charge in [-0.2, -0.15) is 0 Å². The van der Waals surface area contributed by atoms with Crippen LogP contribution >= 0.6 is 11.6 Å². The van der Waals surface area contributed by atoms with E-state index in [-0.39, 0.29) is 0 Å². The smallest absolute Gasteiger partial charge is 0.247 e. The lowest BCUT2D eigenvalue weighted by Gasteiger charge is -1.90. The molecule has 4 nitrogen and oxygen atoms in total. The number of nitrogens with zero attached hydrogens (tertiary/aromatic N) is 3. The van der Waals surface area contributed by atoms with Crippen molar-refractivity contribution in [3.63, 3.8) is 0 Å². The van der Waals surface area contributed by atoms with E-state index in [0.29, 0.717) is 22.1 Å². The first-order valence-corrected chi connectivity index (χ1v) is 5.03. The van der Waals surface area contributed by atoms with E-state index in [4.69, 9.17) is 16.0 Å². The fraction of sp³-hybridized carbons (Fsp3) is 0. The van der Waals surface area contributed by atoms with Gasteiger partial charge in [-0.25, -0.2) is 9.97 Å². The molecule has 0 aliphatic carbocycles. The number of pyridine rings is 2. The molecule has 0 amide bonds. The van der Waals surface area contributed by atoms with Crippen LogP contribution in [0.5, 0.6) is 0 Å². The van der Waals surface area contributed by atoms with Crippen molar-refractivity contribution in [1.82, 2.24) is 15.0 Å². The van der Waals surface area contributed by atoms with E-state index in [0.717, 1.165) is 5.56 Å². The second kappa shape index (κ2) is 3.57. The molecule has 3 heterocycles. The van der Waals surface area contributed by atoms with Gasteiger partial charge >= 0.3 is 0 Å². The summed E-state index contributed by atoms with van der Waals surface area (Å²) in [5.74, 6) is 0.521. The quantitative estimate of drug-likeness (QED) is 0.646. The number of fused-ring (bicyclic) bond motifs is 1. The van der Waals surface area contributed by atoms with E-state index in [1.165, 1.54) is 6.20 Å². The highest BCUT2D eigenvalue weighted by Gasteiger charge is 2.08. The Hall–Kier alpha value is -1.94. The lowest BCUT2D eigenvalue weighted by atomic mass is 10.3. The van der Waals surface area contributed by atoms with E-state index < -0.39 is 0 Å². The molecule has 0 N–H and O–H groups in total. The van der Waals surface area contributed by atoms with Crippen molar-refractivity contribution in [3.05, 3.63) is 41.8 Å². The van der Waals surface area contributed by atoms with E-state index in [1.54, 1.807) is 18.5 Å². The molecule has 0 spiro atoms. The Labute approximate surface area is 95.9 Å². The van der Waals surface area contributed by atoms with Crippen molar-refractivity contribution in [2.24, 2.45) is 0 Å². The Morgan fingerprint density at radius 2 is 2.00 bits per heavy atom. The molecule has 0 bridgehead atoms. The molecule has 0 aliphatic rings. The largest absolute Gasteiger partial charge is 0.418 e. The second-order valence-corrected chi connectivity index (χ2v) is 3.67. The molecule has 0 unspecified atom stereocenters. The highest BCUT2D eigenvalue weighted by molar-refractivity contribution is 6.30. The van der Waals surface area contributed by atoms with E-state index >= 15 is 0 Å². The zero-order valence-corrected chi connectivity index (χ0v) is 8.85. The molecule has 0 radical (unpaired) electrons. The van der Waals surface area contributed by atoms with Gasteiger partial charge in [0.1, 0.15) is 5.52 Å². The minimum Gasteiger partial charge on any atom is -0.418 e. The average molecular weight is 232 g/mol. The minimum absolute atomic E-state index is 0.483. The Kier molecular flexibility index (Phi) is 2.08. The van der Waals surface area contributed by atoms with Gasteiger partial charge in [0, 0.05) is 24.2 Å². The lowest BCUT2D eigenvalue weighted by Crippen LogP contribution is -1.76. The van der Waals surface area contributed by atoms with Crippen LogP contribution < -0.4 is 0 Å². The van der Waals surface area contributed by atoms with Gasteiger partial charge in [-0.15, -0.1) is 0 Å². The Bertz CT molecular complexity index is 636. The molecule has 0 atom stereocenters. The topological polar surface area (TPSA) is 51.8 Å². The third-order valence-electron chi connectivity index (χ3n) is 2.14. The predicted molar refractivity (Wildman–Crippen MR) is 60.0 cm³/mol. The number of aromatic nitrogens is 3. The van der Waals surface area contributed by atoms with Gasteiger partial charge in [0.2, 0.25) is 11.6 Å². The molecular weight excluding hydrogens is 226 g/mol. The number of hydrogen-bond acceptors (Lipinski definition) is 4. The SMILES string of the molecule is Clc1cnc2oc(-c3ccncc3)nc2c1. The van der Waals surface area contributed by atoms with Crippen molar-refractivity contribution in [1.29, 1.82) is 0 Å². The maximum Gasteiger partial charge on any atom is 0.247 e. The monoisotopic (exact) mass is 231 g/mol. The number of halogens is 1. The van der Waals surface area contributed by atoms with Gasteiger partial charge in [-0.1, -0.05) is 11.6 Å². The first-order valence-electron chi connectivity index (χ1n) is 4.65. The molecule has 5 heteroatoms. The van der Waals surface area contributed by atoms with Gasteiger partial charge in [0.15, 0.2) is 0 Å². The summed E-state index contributed by atoms with van der Waals surface area (Å²) in [5.41, 5.74) is 2.00. The Morgan fingerprint density at radius 1 is 1.19 bits per heavy atom. The van der Waals surface area contributed by atoms with Crippen LogP contribution in [0.15, 0.2) is 41.2 Å². The summed E-state index contributed by atoms with van der Waals surface area (Å²) in [5, 5.41) is 0.544. The second-order valence-electron chi connectivity index (χ2n) is 3.23. The van der Waals surface area contributed by atoms with E-state index in [9.17, 15) is 0 Å². The normalized spacial score (nSPS) is 10.8. The average Bonchev–Trinajstić information content (AvgIpc) is 2.73. The van der Waals surface area contributed by atoms with E-state index in [2.05, 4.69) is 15.0 Å². The number of hydrogen-bond donors (Lipinski definition) is 0. The van der Waals surface area contributed by atoms with Crippen LogP contribution in [0.2, 0.25) is 5.02 Å². The summed E-state index contributed by atoms with van der Waals surface area (Å²) < 4.78 is 5.50. The highest BCUT2D eigenvalue weighted by atomic mass is 35.5. The van der Waals surface area contributed by atoms with Crippen LogP contribution in [-0.4, -0.2) is 15.0 Å². The zero-order chi connectivity index (χ0) is 11.0. The first kappa shape index (κ1) is 9.30. The Balaban J connectivity index is 2.19. The number of oxazole rings is 1. The van der Waals surface area contributed by atoms with Crippen LogP contribution in [0.4, 0.5) is 0 Å². The third-order valence-corrected chi connectivity index (χ3v) is 2.35. The standard InChI is InChI=1S/C11H6ClN3O/c12-8-5-9-11(14-6-8)16-10(15-9)7-1-3-13-4-2-7/h1-6H. The van der Waals surface area contributed by atoms with Gasteiger partial charge in [0.05, 0.1) is 5.02 Å². The van der Waals surface area contributed by atoms with Crippen molar-refractivity contribution < 1.29 is 4.42 Å². The zero-order valence-electron chi connectivity index (χ0n) is 8.09. The highest BCUT2D eigenvalue weighted by Crippen LogP contribution is 2.23. The van der Waals surface area contributed by atoms with Gasteiger partial charge in [0.25, 0.3) is 0 Å². The van der Waals surface area contributed by atoms with Gasteiger partial charge < -0.3 is 4.42 Å². The van der Waals surface area contributed by atoms with Crippen LogP contribution in [0.25, 0.3) is 22.7 Å². The molecule has 0 aromatic carbocycles. The van der Waals surface area contributed by atoms with Crippen LogP contribution in [0.3, 0.4) is 0 Å². The van der Waals surface area contributed by atoms with Crippen molar-refractivity contribution >= 4 is 22.8 Å². The van der Waals surface area contributed by atoms with E-state index in [1.807, 2.05) is 12.1 Å². The van der Waals surface area contributed by atoms with Crippen molar-refractivity contribution in [2.75, 3.05) is 0 Å². The maximum atomic E-state index is 5.82. The Morgan fingerprint density at radius 3 is 2.81 bits per heavy atom. The third kappa shape index (κ3) is 1.53.